The van der Waals surface area contributed by atoms with Crippen molar-refractivity contribution < 1.29 is 9.15 Å². The molecule has 0 aliphatic heterocycles. The smallest absolute Gasteiger partial charge is 0.226 e. The van der Waals surface area contributed by atoms with Crippen LogP contribution in [0.25, 0.3) is 11.5 Å². The number of pyridine rings is 1. The van der Waals surface area contributed by atoms with E-state index in [1.807, 2.05) is 43.3 Å². The predicted octanol–water partition coefficient (Wildman–Crippen LogP) is 3.54. The molecule has 0 aliphatic carbocycles. The van der Waals surface area contributed by atoms with Crippen LogP contribution in [0.5, 0.6) is 5.88 Å². The summed E-state index contributed by atoms with van der Waals surface area (Å²) in [5.74, 6) is 1.86. The number of benzene rings is 1. The Bertz CT molecular complexity index is 909. The van der Waals surface area contributed by atoms with Gasteiger partial charge in [-0.3, -0.25) is 4.99 Å². The molecule has 3 rings (SSSR count). The van der Waals surface area contributed by atoms with Crippen molar-refractivity contribution in [3.8, 4) is 17.3 Å². The number of ether oxygens (including phenoxy) is 1. The lowest BCUT2D eigenvalue weighted by Crippen LogP contribution is -2.36. The monoisotopic (exact) mass is 493 g/mol. The van der Waals surface area contributed by atoms with Crippen molar-refractivity contribution in [1.29, 1.82) is 0 Å². The minimum atomic E-state index is 0. The molecule has 0 fully saturated rings. The third kappa shape index (κ3) is 5.69. The summed E-state index contributed by atoms with van der Waals surface area (Å²) in [4.78, 5) is 12.9. The molecular formula is C20H24IN5O2. The van der Waals surface area contributed by atoms with E-state index in [1.54, 1.807) is 26.6 Å². The number of aryl methyl sites for hydroxylation is 1. The fourth-order valence-electron chi connectivity index (χ4n) is 2.53. The zero-order valence-electron chi connectivity index (χ0n) is 16.1. The zero-order valence-corrected chi connectivity index (χ0v) is 18.4. The first kappa shape index (κ1) is 21.7. The Morgan fingerprint density at radius 1 is 1.14 bits per heavy atom. The van der Waals surface area contributed by atoms with Crippen LogP contribution >= 0.6 is 24.0 Å². The largest absolute Gasteiger partial charge is 0.481 e. The van der Waals surface area contributed by atoms with Crippen LogP contribution in [0.2, 0.25) is 0 Å². The lowest BCUT2D eigenvalue weighted by molar-refractivity contribution is 0.392. The molecule has 0 spiro atoms. The number of hydrogen-bond acceptors (Lipinski definition) is 5. The third-order valence-electron chi connectivity index (χ3n) is 4.00. The summed E-state index contributed by atoms with van der Waals surface area (Å²) in [6.45, 7) is 3.09. The fraction of sp³-hybridized carbons (Fsp3) is 0.250. The summed E-state index contributed by atoms with van der Waals surface area (Å²) in [6, 6.07) is 11.9. The Labute approximate surface area is 181 Å². The van der Waals surface area contributed by atoms with Crippen molar-refractivity contribution in [1.82, 2.24) is 20.6 Å². The van der Waals surface area contributed by atoms with E-state index >= 15 is 0 Å². The molecule has 0 amide bonds. The zero-order chi connectivity index (χ0) is 19.1. The van der Waals surface area contributed by atoms with E-state index in [-0.39, 0.29) is 24.0 Å². The fourth-order valence-corrected chi connectivity index (χ4v) is 2.53. The van der Waals surface area contributed by atoms with E-state index in [4.69, 9.17) is 9.15 Å². The molecule has 7 nitrogen and oxygen atoms in total. The minimum absolute atomic E-state index is 0. The van der Waals surface area contributed by atoms with Crippen molar-refractivity contribution in [2.75, 3.05) is 14.2 Å². The van der Waals surface area contributed by atoms with E-state index in [9.17, 15) is 0 Å². The van der Waals surface area contributed by atoms with E-state index in [2.05, 4.69) is 25.6 Å². The summed E-state index contributed by atoms with van der Waals surface area (Å²) in [6.07, 6.45) is 3.35. The van der Waals surface area contributed by atoms with Crippen molar-refractivity contribution in [3.63, 3.8) is 0 Å². The molecule has 0 atom stereocenters. The highest BCUT2D eigenvalue weighted by atomic mass is 127. The van der Waals surface area contributed by atoms with E-state index < -0.39 is 0 Å². The first-order valence-corrected chi connectivity index (χ1v) is 8.63. The van der Waals surface area contributed by atoms with Crippen molar-refractivity contribution in [3.05, 3.63) is 65.7 Å². The Hall–Kier alpha value is -2.62. The Balaban J connectivity index is 0.00000280. The van der Waals surface area contributed by atoms with Crippen LogP contribution in [0.4, 0.5) is 0 Å². The van der Waals surface area contributed by atoms with E-state index in [0.717, 1.165) is 16.8 Å². The van der Waals surface area contributed by atoms with Gasteiger partial charge in [0.1, 0.15) is 6.26 Å². The highest BCUT2D eigenvalue weighted by molar-refractivity contribution is 14.0. The predicted molar refractivity (Wildman–Crippen MR) is 120 cm³/mol. The number of guanidine groups is 1. The molecule has 28 heavy (non-hydrogen) atoms. The maximum absolute atomic E-state index is 5.58. The molecule has 3 aromatic rings. The van der Waals surface area contributed by atoms with Gasteiger partial charge in [0.15, 0.2) is 5.96 Å². The average Bonchev–Trinajstić information content (AvgIpc) is 3.18. The van der Waals surface area contributed by atoms with E-state index in [0.29, 0.717) is 30.8 Å². The van der Waals surface area contributed by atoms with Gasteiger partial charge in [-0.15, -0.1) is 24.0 Å². The molecule has 0 aliphatic rings. The van der Waals surface area contributed by atoms with Crippen molar-refractivity contribution in [2.45, 2.75) is 20.0 Å². The molecule has 2 N–H and O–H groups in total. The SMILES string of the molecule is CN=C(NCc1coc(-c2ccc(C)cc2)n1)NCc1cccnc1OC.I. The molecular weight excluding hydrogens is 469 g/mol. The van der Waals surface area contributed by atoms with Crippen LogP contribution in [0, 0.1) is 6.92 Å². The molecule has 2 aromatic heterocycles. The van der Waals surface area contributed by atoms with Gasteiger partial charge >= 0.3 is 0 Å². The number of rotatable bonds is 6. The highest BCUT2D eigenvalue weighted by Crippen LogP contribution is 2.19. The van der Waals surface area contributed by atoms with Crippen molar-refractivity contribution >= 4 is 29.9 Å². The van der Waals surface area contributed by atoms with Gasteiger partial charge in [0.25, 0.3) is 0 Å². The van der Waals surface area contributed by atoms with Gasteiger partial charge < -0.3 is 19.8 Å². The Morgan fingerprint density at radius 2 is 1.89 bits per heavy atom. The Morgan fingerprint density at radius 3 is 2.61 bits per heavy atom. The van der Waals surface area contributed by atoms with Crippen LogP contribution in [-0.2, 0) is 13.1 Å². The molecule has 148 valence electrons. The number of hydrogen-bond donors (Lipinski definition) is 2. The molecule has 0 saturated carbocycles. The lowest BCUT2D eigenvalue weighted by atomic mass is 10.1. The molecule has 0 radical (unpaired) electrons. The van der Waals surface area contributed by atoms with E-state index in [1.165, 1.54) is 5.56 Å². The minimum Gasteiger partial charge on any atom is -0.481 e. The van der Waals surface area contributed by atoms with Gasteiger partial charge in [0.05, 0.1) is 19.3 Å². The number of aliphatic imine (C=N–C) groups is 1. The number of aromatic nitrogens is 2. The number of nitrogens with one attached hydrogen (secondary N) is 2. The number of nitrogens with zero attached hydrogens (tertiary/aromatic N) is 3. The van der Waals surface area contributed by atoms with Crippen LogP contribution in [0.1, 0.15) is 16.8 Å². The summed E-state index contributed by atoms with van der Waals surface area (Å²) in [5.41, 5.74) is 3.91. The maximum atomic E-state index is 5.58. The van der Waals surface area contributed by atoms with Crippen LogP contribution in [-0.4, -0.2) is 30.1 Å². The topological polar surface area (TPSA) is 84.6 Å². The molecule has 0 bridgehead atoms. The van der Waals surface area contributed by atoms with Crippen LogP contribution in [0.3, 0.4) is 0 Å². The maximum Gasteiger partial charge on any atom is 0.226 e. The summed E-state index contributed by atoms with van der Waals surface area (Å²) in [7, 11) is 3.32. The molecule has 0 unspecified atom stereocenters. The van der Waals surface area contributed by atoms with Crippen LogP contribution in [0.15, 0.2) is 58.3 Å². The van der Waals surface area contributed by atoms with Crippen LogP contribution < -0.4 is 15.4 Å². The molecule has 8 heteroatoms. The standard InChI is InChI=1S/C20H23N5O2.HI/c1-14-6-8-15(9-7-14)19-25-17(13-27-19)12-24-20(21-2)23-11-16-5-4-10-22-18(16)26-3;/h4-10,13H,11-12H2,1-3H3,(H2,21,23,24);1H. The molecule has 0 saturated heterocycles. The first-order chi connectivity index (χ1) is 13.2. The van der Waals surface area contributed by atoms with Gasteiger partial charge in [-0.1, -0.05) is 23.8 Å². The number of oxazole rings is 1. The average molecular weight is 493 g/mol. The number of halogens is 1. The summed E-state index contributed by atoms with van der Waals surface area (Å²) >= 11 is 0. The summed E-state index contributed by atoms with van der Waals surface area (Å²) in [5, 5.41) is 6.46. The Kier molecular flexibility index (Phi) is 8.24. The second kappa shape index (κ2) is 10.6. The normalized spacial score (nSPS) is 10.9. The van der Waals surface area contributed by atoms with Crippen molar-refractivity contribution in [2.24, 2.45) is 4.99 Å². The first-order valence-electron chi connectivity index (χ1n) is 8.63. The second-order valence-electron chi connectivity index (χ2n) is 5.96. The molecule has 1 aromatic carbocycles. The lowest BCUT2D eigenvalue weighted by Gasteiger charge is -2.12. The van der Waals surface area contributed by atoms with Gasteiger partial charge in [0, 0.05) is 30.9 Å². The molecule has 2 heterocycles. The van der Waals surface area contributed by atoms with Gasteiger partial charge in [-0.25, -0.2) is 9.97 Å². The highest BCUT2D eigenvalue weighted by Gasteiger charge is 2.08. The summed E-state index contributed by atoms with van der Waals surface area (Å²) < 4.78 is 10.8. The quantitative estimate of drug-likeness (QED) is 0.311. The van der Waals surface area contributed by atoms with Gasteiger partial charge in [-0.05, 0) is 25.1 Å². The second-order valence-corrected chi connectivity index (χ2v) is 5.96. The third-order valence-corrected chi connectivity index (χ3v) is 4.00. The van der Waals surface area contributed by atoms with Gasteiger partial charge in [-0.2, -0.15) is 0 Å². The number of methoxy groups -OCH3 is 1. The van der Waals surface area contributed by atoms with Gasteiger partial charge in [0.2, 0.25) is 11.8 Å².